The molecule has 1 aliphatic rings. The fraction of sp³-hybridized carbons (Fsp3) is 0.588. The number of carbonyl (C=O) groups excluding carboxylic acids is 1. The Morgan fingerprint density at radius 3 is 2.90 bits per heavy atom. The molecule has 2 atom stereocenters. The fourth-order valence-corrected chi connectivity index (χ4v) is 3.08. The first-order chi connectivity index (χ1) is 10.1. The second-order valence-electron chi connectivity index (χ2n) is 6.02. The van der Waals surface area contributed by atoms with Gasteiger partial charge >= 0.3 is 0 Å². The molecular weight excluding hydrogens is 264 g/mol. The van der Waals surface area contributed by atoms with Crippen LogP contribution in [0.25, 0.3) is 0 Å². The molecule has 0 aliphatic carbocycles. The molecule has 2 N–H and O–H groups in total. The summed E-state index contributed by atoms with van der Waals surface area (Å²) in [6.07, 6.45) is 2.78. The van der Waals surface area contributed by atoms with Crippen LogP contribution in [0.5, 0.6) is 0 Å². The van der Waals surface area contributed by atoms with E-state index in [0.29, 0.717) is 18.9 Å². The normalized spacial score (nSPS) is 23.0. The first kappa shape index (κ1) is 16.0. The number of benzene rings is 1. The van der Waals surface area contributed by atoms with E-state index < -0.39 is 0 Å². The lowest BCUT2D eigenvalue weighted by Crippen LogP contribution is -2.47. The Morgan fingerprint density at radius 2 is 2.19 bits per heavy atom. The van der Waals surface area contributed by atoms with Gasteiger partial charge in [0.05, 0.1) is 6.61 Å². The Labute approximate surface area is 127 Å². The van der Waals surface area contributed by atoms with E-state index >= 15 is 0 Å². The van der Waals surface area contributed by atoms with Crippen molar-refractivity contribution in [3.63, 3.8) is 0 Å². The van der Waals surface area contributed by atoms with Gasteiger partial charge in [0.2, 0.25) is 5.91 Å². The van der Waals surface area contributed by atoms with Crippen molar-refractivity contribution in [2.24, 2.45) is 5.92 Å². The predicted octanol–water partition coefficient (Wildman–Crippen LogP) is 2.42. The van der Waals surface area contributed by atoms with E-state index in [1.54, 1.807) is 0 Å². The average molecular weight is 290 g/mol. The van der Waals surface area contributed by atoms with Crippen molar-refractivity contribution in [1.82, 2.24) is 4.90 Å². The smallest absolute Gasteiger partial charge is 0.225 e. The molecule has 2 unspecified atom stereocenters. The lowest BCUT2D eigenvalue weighted by molar-refractivity contribution is -0.116. The number of aliphatic hydroxyl groups is 1. The molecule has 4 nitrogen and oxygen atoms in total. The number of hydrogen-bond acceptors (Lipinski definition) is 3. The summed E-state index contributed by atoms with van der Waals surface area (Å²) in [6.45, 7) is 6.05. The van der Waals surface area contributed by atoms with Gasteiger partial charge in [0.25, 0.3) is 0 Å². The lowest BCUT2D eigenvalue weighted by atomic mass is 9.91. The molecule has 4 heteroatoms. The van der Waals surface area contributed by atoms with E-state index in [2.05, 4.69) is 17.1 Å². The summed E-state index contributed by atoms with van der Waals surface area (Å²) in [5.41, 5.74) is 1.96. The molecule has 0 saturated carbocycles. The van der Waals surface area contributed by atoms with Crippen LogP contribution in [0.4, 0.5) is 5.69 Å². The second-order valence-corrected chi connectivity index (χ2v) is 6.02. The summed E-state index contributed by atoms with van der Waals surface area (Å²) in [6, 6.07) is 8.00. The number of piperidine rings is 1. The van der Waals surface area contributed by atoms with Gasteiger partial charge in [-0.05, 0) is 43.9 Å². The molecule has 1 heterocycles. The summed E-state index contributed by atoms with van der Waals surface area (Å²) in [5.74, 6) is 0.544. The van der Waals surface area contributed by atoms with Crippen molar-refractivity contribution in [2.75, 3.05) is 25.0 Å². The van der Waals surface area contributed by atoms with E-state index in [-0.39, 0.29) is 18.6 Å². The third-order valence-electron chi connectivity index (χ3n) is 4.46. The molecule has 2 rings (SSSR count). The summed E-state index contributed by atoms with van der Waals surface area (Å²) in [5, 5.41) is 12.5. The molecule has 0 radical (unpaired) electrons. The lowest BCUT2D eigenvalue weighted by Gasteiger charge is -2.38. The third-order valence-corrected chi connectivity index (χ3v) is 4.46. The van der Waals surface area contributed by atoms with Crippen LogP contribution in [0.3, 0.4) is 0 Å². The van der Waals surface area contributed by atoms with Crippen LogP contribution >= 0.6 is 0 Å². The molecule has 0 aromatic heterocycles. The second kappa shape index (κ2) is 7.57. The summed E-state index contributed by atoms with van der Waals surface area (Å²) < 4.78 is 0. The zero-order valence-corrected chi connectivity index (χ0v) is 13.0. The van der Waals surface area contributed by atoms with Crippen LogP contribution in [0.15, 0.2) is 24.3 Å². The summed E-state index contributed by atoms with van der Waals surface area (Å²) in [7, 11) is 0. The van der Waals surface area contributed by atoms with Crippen molar-refractivity contribution in [2.45, 2.75) is 39.2 Å². The van der Waals surface area contributed by atoms with Gasteiger partial charge in [-0.1, -0.05) is 25.1 Å². The van der Waals surface area contributed by atoms with Crippen molar-refractivity contribution in [3.8, 4) is 0 Å². The Bertz CT molecular complexity index is 476. The minimum Gasteiger partial charge on any atom is -0.395 e. The molecule has 1 saturated heterocycles. The van der Waals surface area contributed by atoms with E-state index in [1.165, 1.54) is 0 Å². The van der Waals surface area contributed by atoms with Gasteiger partial charge in [-0.3, -0.25) is 9.69 Å². The number of anilines is 1. The summed E-state index contributed by atoms with van der Waals surface area (Å²) >= 11 is 0. The quantitative estimate of drug-likeness (QED) is 0.875. The number of nitrogens with one attached hydrogen (secondary N) is 1. The van der Waals surface area contributed by atoms with Gasteiger partial charge in [0.15, 0.2) is 0 Å². The maximum Gasteiger partial charge on any atom is 0.225 e. The molecule has 1 aromatic rings. The molecule has 0 bridgehead atoms. The van der Waals surface area contributed by atoms with Crippen molar-refractivity contribution >= 4 is 11.6 Å². The van der Waals surface area contributed by atoms with Crippen LogP contribution in [-0.4, -0.2) is 41.7 Å². The zero-order valence-electron chi connectivity index (χ0n) is 13.0. The van der Waals surface area contributed by atoms with Crippen LogP contribution in [-0.2, 0) is 4.79 Å². The first-order valence-corrected chi connectivity index (χ1v) is 7.82. The Kier molecular flexibility index (Phi) is 5.76. The van der Waals surface area contributed by atoms with E-state index in [9.17, 15) is 9.90 Å². The largest absolute Gasteiger partial charge is 0.395 e. The van der Waals surface area contributed by atoms with Crippen LogP contribution in [0, 0.1) is 12.8 Å². The number of rotatable bonds is 5. The van der Waals surface area contributed by atoms with E-state index in [0.717, 1.165) is 30.6 Å². The van der Waals surface area contributed by atoms with Gasteiger partial charge in [-0.2, -0.15) is 0 Å². The van der Waals surface area contributed by atoms with Gasteiger partial charge in [-0.25, -0.2) is 0 Å². The molecule has 1 aliphatic heterocycles. The van der Waals surface area contributed by atoms with Gasteiger partial charge in [0, 0.05) is 24.7 Å². The number of aryl methyl sites for hydroxylation is 1. The van der Waals surface area contributed by atoms with Crippen molar-refractivity contribution < 1.29 is 9.90 Å². The van der Waals surface area contributed by atoms with Crippen LogP contribution in [0.2, 0.25) is 0 Å². The number of hydrogen-bond donors (Lipinski definition) is 2. The topological polar surface area (TPSA) is 52.6 Å². The molecule has 0 spiro atoms. The Morgan fingerprint density at radius 1 is 1.43 bits per heavy atom. The number of carbonyl (C=O) groups is 1. The number of aliphatic hydroxyl groups excluding tert-OH is 1. The number of nitrogens with zero attached hydrogens (tertiary/aromatic N) is 1. The third kappa shape index (κ3) is 4.29. The highest BCUT2D eigenvalue weighted by molar-refractivity contribution is 5.91. The van der Waals surface area contributed by atoms with Gasteiger partial charge < -0.3 is 10.4 Å². The van der Waals surface area contributed by atoms with E-state index in [1.807, 2.05) is 31.2 Å². The van der Waals surface area contributed by atoms with Crippen LogP contribution < -0.4 is 5.32 Å². The molecule has 21 heavy (non-hydrogen) atoms. The molecule has 1 amide bonds. The van der Waals surface area contributed by atoms with Crippen LogP contribution in [0.1, 0.15) is 31.7 Å². The monoisotopic (exact) mass is 290 g/mol. The average Bonchev–Trinajstić information content (AvgIpc) is 2.47. The highest BCUT2D eigenvalue weighted by Crippen LogP contribution is 2.23. The fourth-order valence-electron chi connectivity index (χ4n) is 3.08. The minimum atomic E-state index is 0.0409. The molecule has 116 valence electrons. The highest BCUT2D eigenvalue weighted by atomic mass is 16.3. The maximum atomic E-state index is 12.1. The first-order valence-electron chi connectivity index (χ1n) is 7.82. The molecule has 1 aromatic carbocycles. The minimum absolute atomic E-state index is 0.0409. The van der Waals surface area contributed by atoms with Crippen molar-refractivity contribution in [3.05, 3.63) is 29.8 Å². The predicted molar refractivity (Wildman–Crippen MR) is 85.3 cm³/mol. The van der Waals surface area contributed by atoms with E-state index in [4.69, 9.17) is 0 Å². The van der Waals surface area contributed by atoms with Gasteiger partial charge in [-0.15, -0.1) is 0 Å². The zero-order chi connectivity index (χ0) is 15.2. The number of amides is 1. The Hall–Kier alpha value is -1.39. The number of para-hydroxylation sites is 1. The standard InChI is InChI=1S/C17H26N2O2/c1-13-6-3-4-8-15(13)18-17(21)9-11-19-10-5-7-14(2)16(19)12-20/h3-4,6,8,14,16,20H,5,7,9-12H2,1-2H3,(H,18,21). The van der Waals surface area contributed by atoms with Crippen molar-refractivity contribution in [1.29, 1.82) is 0 Å². The highest BCUT2D eigenvalue weighted by Gasteiger charge is 2.27. The molecular formula is C17H26N2O2. The number of likely N-dealkylation sites (tertiary alicyclic amines) is 1. The SMILES string of the molecule is Cc1ccccc1NC(=O)CCN1CCCC(C)C1CO. The maximum absolute atomic E-state index is 12.1. The summed E-state index contributed by atoms with van der Waals surface area (Å²) in [4.78, 5) is 14.3. The molecule has 1 fully saturated rings. The van der Waals surface area contributed by atoms with Gasteiger partial charge in [0.1, 0.15) is 0 Å². The Balaban J connectivity index is 1.85.